The smallest absolute Gasteiger partial charge is 0.269 e. The van der Waals surface area contributed by atoms with Crippen molar-refractivity contribution in [2.45, 2.75) is 12.6 Å². The number of nitrogens with one attached hydrogen (secondary N) is 1. The largest absolute Gasteiger partial charge is 0.387 e. The van der Waals surface area contributed by atoms with Crippen molar-refractivity contribution in [1.29, 1.82) is 0 Å². The average Bonchev–Trinajstić information content (AvgIpc) is 2.49. The highest BCUT2D eigenvalue weighted by Gasteiger charge is 2.10. The predicted octanol–water partition coefficient (Wildman–Crippen LogP) is 2.56. The number of nitrogens with zero attached hydrogens (tertiary/aromatic N) is 1. The van der Waals surface area contributed by atoms with Crippen molar-refractivity contribution < 1.29 is 14.4 Å². The molecule has 0 bridgehead atoms. The highest BCUT2D eigenvalue weighted by atomic mass is 19.1. The number of aliphatic hydroxyl groups excluding tert-OH is 1. The summed E-state index contributed by atoms with van der Waals surface area (Å²) in [6.45, 7) is 0.531. The lowest BCUT2D eigenvalue weighted by atomic mass is 10.1. The molecule has 0 aliphatic rings. The van der Waals surface area contributed by atoms with Gasteiger partial charge in [0, 0.05) is 30.8 Å². The molecule has 2 aromatic carbocycles. The fourth-order valence-corrected chi connectivity index (χ4v) is 1.92. The van der Waals surface area contributed by atoms with Gasteiger partial charge in [0.15, 0.2) is 0 Å². The summed E-state index contributed by atoms with van der Waals surface area (Å²) in [5.41, 5.74) is 1.07. The van der Waals surface area contributed by atoms with E-state index in [1.807, 2.05) is 0 Å². The first kappa shape index (κ1) is 15.1. The summed E-state index contributed by atoms with van der Waals surface area (Å²) in [5.74, 6) is -0.296. The van der Waals surface area contributed by atoms with Gasteiger partial charge in [-0.05, 0) is 23.8 Å². The lowest BCUT2D eigenvalue weighted by molar-refractivity contribution is -0.384. The van der Waals surface area contributed by atoms with Gasteiger partial charge in [-0.2, -0.15) is 0 Å². The zero-order chi connectivity index (χ0) is 15.2. The molecule has 0 aliphatic carbocycles. The molecule has 6 heteroatoms. The number of aliphatic hydroxyl groups is 1. The molecule has 0 heterocycles. The first-order chi connectivity index (χ1) is 10.1. The summed E-state index contributed by atoms with van der Waals surface area (Å²) in [6, 6.07) is 12.1. The van der Waals surface area contributed by atoms with Crippen LogP contribution in [0.15, 0.2) is 48.5 Å². The van der Waals surface area contributed by atoms with Gasteiger partial charge in [-0.3, -0.25) is 10.1 Å². The van der Waals surface area contributed by atoms with E-state index in [1.165, 1.54) is 30.3 Å². The van der Waals surface area contributed by atoms with E-state index in [2.05, 4.69) is 5.32 Å². The zero-order valence-corrected chi connectivity index (χ0v) is 11.2. The second-order valence-corrected chi connectivity index (χ2v) is 4.59. The van der Waals surface area contributed by atoms with Crippen molar-refractivity contribution in [3.63, 3.8) is 0 Å². The van der Waals surface area contributed by atoms with Crippen molar-refractivity contribution >= 4 is 5.69 Å². The summed E-state index contributed by atoms with van der Waals surface area (Å²) < 4.78 is 13.4. The molecule has 0 amide bonds. The number of non-ortho nitro benzene ring substituents is 1. The van der Waals surface area contributed by atoms with Gasteiger partial charge in [0.25, 0.3) is 5.69 Å². The molecule has 5 nitrogen and oxygen atoms in total. The van der Waals surface area contributed by atoms with Gasteiger partial charge < -0.3 is 10.4 Å². The highest BCUT2D eigenvalue weighted by Crippen LogP contribution is 2.17. The van der Waals surface area contributed by atoms with Crippen LogP contribution in [0.4, 0.5) is 10.1 Å². The van der Waals surface area contributed by atoms with Crippen molar-refractivity contribution in [3.8, 4) is 0 Å². The standard InChI is InChI=1S/C15H15FN2O3/c16-14-4-2-1-3-12(14)9-17-10-15(19)11-5-7-13(8-6-11)18(20)21/h1-8,15,17,19H,9-10H2. The van der Waals surface area contributed by atoms with Crippen LogP contribution in [0, 0.1) is 15.9 Å². The third kappa shape index (κ3) is 4.08. The second kappa shape index (κ2) is 6.92. The van der Waals surface area contributed by atoms with Crippen molar-refractivity contribution in [1.82, 2.24) is 5.32 Å². The molecule has 1 unspecified atom stereocenters. The normalized spacial score (nSPS) is 12.1. The molecule has 21 heavy (non-hydrogen) atoms. The van der Waals surface area contributed by atoms with Gasteiger partial charge in [-0.1, -0.05) is 18.2 Å². The average molecular weight is 290 g/mol. The predicted molar refractivity (Wildman–Crippen MR) is 76.2 cm³/mol. The molecule has 2 aromatic rings. The van der Waals surface area contributed by atoms with Crippen LogP contribution in [0.25, 0.3) is 0 Å². The number of nitro benzene ring substituents is 1. The molecule has 2 rings (SSSR count). The van der Waals surface area contributed by atoms with Gasteiger partial charge in [-0.25, -0.2) is 4.39 Å². The first-order valence-electron chi connectivity index (χ1n) is 6.44. The van der Waals surface area contributed by atoms with E-state index in [4.69, 9.17) is 0 Å². The first-order valence-corrected chi connectivity index (χ1v) is 6.44. The Labute approximate surface area is 121 Å². The Hall–Kier alpha value is -2.31. The molecule has 2 N–H and O–H groups in total. The minimum atomic E-state index is -0.808. The molecule has 110 valence electrons. The summed E-state index contributed by atoms with van der Waals surface area (Å²) >= 11 is 0. The van der Waals surface area contributed by atoms with Crippen LogP contribution in [0.1, 0.15) is 17.2 Å². The van der Waals surface area contributed by atoms with Gasteiger partial charge in [0.1, 0.15) is 5.82 Å². The Bertz CT molecular complexity index is 617. The minimum Gasteiger partial charge on any atom is -0.387 e. The molecule has 1 atom stereocenters. The Morgan fingerprint density at radius 1 is 1.19 bits per heavy atom. The SMILES string of the molecule is O=[N+]([O-])c1ccc(C(O)CNCc2ccccc2F)cc1. The fraction of sp³-hybridized carbons (Fsp3) is 0.200. The van der Waals surface area contributed by atoms with Crippen LogP contribution in [-0.2, 0) is 6.54 Å². The van der Waals surface area contributed by atoms with E-state index in [-0.39, 0.29) is 18.0 Å². The molecule has 0 aliphatic heterocycles. The number of hydrogen-bond donors (Lipinski definition) is 2. The highest BCUT2D eigenvalue weighted by molar-refractivity contribution is 5.33. The molecule has 0 spiro atoms. The molecule has 0 fully saturated rings. The lowest BCUT2D eigenvalue weighted by Crippen LogP contribution is -2.21. The maximum Gasteiger partial charge on any atom is 0.269 e. The van der Waals surface area contributed by atoms with E-state index in [0.717, 1.165) is 0 Å². The summed E-state index contributed by atoms with van der Waals surface area (Å²) in [6.07, 6.45) is -0.808. The van der Waals surface area contributed by atoms with Crippen LogP contribution in [0.2, 0.25) is 0 Å². The molecule has 0 radical (unpaired) electrons. The summed E-state index contributed by atoms with van der Waals surface area (Å²) in [4.78, 5) is 10.0. The monoisotopic (exact) mass is 290 g/mol. The van der Waals surface area contributed by atoms with Gasteiger partial charge in [0.2, 0.25) is 0 Å². The number of nitro groups is 1. The van der Waals surface area contributed by atoms with Crippen LogP contribution in [0.3, 0.4) is 0 Å². The topological polar surface area (TPSA) is 75.4 Å². The zero-order valence-electron chi connectivity index (χ0n) is 11.2. The molecular weight excluding hydrogens is 275 g/mol. The van der Waals surface area contributed by atoms with E-state index >= 15 is 0 Å². The van der Waals surface area contributed by atoms with Gasteiger partial charge in [0.05, 0.1) is 11.0 Å². The lowest BCUT2D eigenvalue weighted by Gasteiger charge is -2.12. The maximum atomic E-state index is 13.4. The number of halogens is 1. The number of hydrogen-bond acceptors (Lipinski definition) is 4. The minimum absolute atomic E-state index is 0.0229. The molecule has 0 saturated heterocycles. The van der Waals surface area contributed by atoms with Crippen molar-refractivity contribution in [3.05, 3.63) is 75.6 Å². The van der Waals surface area contributed by atoms with E-state index in [0.29, 0.717) is 17.7 Å². The fourth-order valence-electron chi connectivity index (χ4n) is 1.92. The second-order valence-electron chi connectivity index (χ2n) is 4.59. The Kier molecular flexibility index (Phi) is 4.97. The van der Waals surface area contributed by atoms with Crippen LogP contribution in [-0.4, -0.2) is 16.6 Å². The van der Waals surface area contributed by atoms with E-state index in [1.54, 1.807) is 18.2 Å². The van der Waals surface area contributed by atoms with Crippen LogP contribution in [0.5, 0.6) is 0 Å². The summed E-state index contributed by atoms with van der Waals surface area (Å²) in [5, 5.41) is 23.5. The van der Waals surface area contributed by atoms with Crippen LogP contribution < -0.4 is 5.32 Å². The number of benzene rings is 2. The number of rotatable bonds is 6. The molecular formula is C15H15FN2O3. The van der Waals surface area contributed by atoms with E-state index < -0.39 is 11.0 Å². The third-order valence-electron chi connectivity index (χ3n) is 3.10. The maximum absolute atomic E-state index is 13.4. The summed E-state index contributed by atoms with van der Waals surface area (Å²) in [7, 11) is 0. The molecule has 0 saturated carbocycles. The Morgan fingerprint density at radius 2 is 1.86 bits per heavy atom. The molecule has 0 aromatic heterocycles. The third-order valence-corrected chi connectivity index (χ3v) is 3.10. The van der Waals surface area contributed by atoms with Gasteiger partial charge in [-0.15, -0.1) is 0 Å². The van der Waals surface area contributed by atoms with Crippen molar-refractivity contribution in [2.75, 3.05) is 6.54 Å². The van der Waals surface area contributed by atoms with E-state index in [9.17, 15) is 19.6 Å². The van der Waals surface area contributed by atoms with Gasteiger partial charge >= 0.3 is 0 Å². The van der Waals surface area contributed by atoms with Crippen molar-refractivity contribution in [2.24, 2.45) is 0 Å². The Morgan fingerprint density at radius 3 is 2.48 bits per heavy atom. The Balaban J connectivity index is 1.88. The quantitative estimate of drug-likeness (QED) is 0.633. The van der Waals surface area contributed by atoms with Crippen LogP contribution >= 0.6 is 0 Å².